The van der Waals surface area contributed by atoms with Gasteiger partial charge in [0, 0.05) is 19.3 Å². The third-order valence-electron chi connectivity index (χ3n) is 3.70. The van der Waals surface area contributed by atoms with Crippen molar-refractivity contribution < 1.29 is 4.74 Å². The van der Waals surface area contributed by atoms with Crippen molar-refractivity contribution >= 4 is 11.9 Å². The van der Waals surface area contributed by atoms with Crippen LogP contribution in [-0.4, -0.2) is 43.6 Å². The van der Waals surface area contributed by atoms with Crippen molar-refractivity contribution in [2.24, 2.45) is 0 Å². The van der Waals surface area contributed by atoms with Gasteiger partial charge < -0.3 is 9.64 Å². The Kier molecular flexibility index (Phi) is 11.2. The summed E-state index contributed by atoms with van der Waals surface area (Å²) in [7, 11) is 1.72. The quantitative estimate of drug-likeness (QED) is 0.218. The molecule has 3 nitrogen and oxygen atoms in total. The molecule has 1 fully saturated rings. The maximum absolute atomic E-state index is 5.41. The van der Waals surface area contributed by atoms with Gasteiger partial charge in [0.15, 0.2) is 0 Å². The molecule has 0 spiro atoms. The van der Waals surface area contributed by atoms with Crippen LogP contribution in [0.1, 0.15) is 39.0 Å². The molecule has 1 heterocycles. The zero-order valence-electron chi connectivity index (χ0n) is 14.0. The van der Waals surface area contributed by atoms with Gasteiger partial charge in [0.2, 0.25) is 0 Å². The molecule has 1 N–H and O–H groups in total. The van der Waals surface area contributed by atoms with Crippen LogP contribution >= 0.6 is 11.9 Å². The molecule has 0 bridgehead atoms. The van der Waals surface area contributed by atoms with Gasteiger partial charge in [-0.25, -0.2) is 4.72 Å². The van der Waals surface area contributed by atoms with Crippen molar-refractivity contribution in [3.8, 4) is 12.3 Å². The largest absolute Gasteiger partial charge is 0.362 e. The summed E-state index contributed by atoms with van der Waals surface area (Å²) in [6.45, 7) is 5.83. The molecule has 1 unspecified atom stereocenters. The number of allylic oxidation sites excluding steroid dienone is 3. The number of hydrogen-bond acceptors (Lipinski definition) is 4. The summed E-state index contributed by atoms with van der Waals surface area (Å²) in [5.74, 6) is 3.72. The van der Waals surface area contributed by atoms with Crippen molar-refractivity contribution in [1.82, 2.24) is 9.62 Å². The number of likely N-dealkylation sites (tertiary alicyclic amines) is 1. The van der Waals surface area contributed by atoms with E-state index in [2.05, 4.69) is 15.5 Å². The van der Waals surface area contributed by atoms with Crippen LogP contribution < -0.4 is 4.72 Å². The van der Waals surface area contributed by atoms with E-state index in [1.54, 1.807) is 19.1 Å². The molecule has 0 amide bonds. The van der Waals surface area contributed by atoms with Crippen molar-refractivity contribution in [3.05, 3.63) is 23.8 Å². The summed E-state index contributed by atoms with van der Waals surface area (Å²) < 4.78 is 8.75. The van der Waals surface area contributed by atoms with Crippen molar-refractivity contribution in [3.63, 3.8) is 0 Å². The van der Waals surface area contributed by atoms with E-state index in [9.17, 15) is 0 Å². The Labute approximate surface area is 140 Å². The summed E-state index contributed by atoms with van der Waals surface area (Å²) in [6, 6.07) is 0. The molecule has 0 aromatic heterocycles. The van der Waals surface area contributed by atoms with Crippen LogP contribution in [0.3, 0.4) is 0 Å². The second-order valence-electron chi connectivity index (χ2n) is 5.59. The monoisotopic (exact) mass is 322 g/mol. The lowest BCUT2D eigenvalue weighted by Crippen LogP contribution is -2.31. The first-order valence-electron chi connectivity index (χ1n) is 8.17. The second-order valence-corrected chi connectivity index (χ2v) is 6.53. The lowest BCUT2D eigenvalue weighted by atomic mass is 10.1. The molecular weight excluding hydrogens is 292 g/mol. The van der Waals surface area contributed by atoms with Gasteiger partial charge in [-0.1, -0.05) is 36.1 Å². The highest BCUT2D eigenvalue weighted by Crippen LogP contribution is 2.10. The summed E-state index contributed by atoms with van der Waals surface area (Å²) in [4.78, 5) is 2.58. The average molecular weight is 323 g/mol. The number of nitrogens with zero attached hydrogens (tertiary/aromatic N) is 1. The molecule has 1 aliphatic heterocycles. The van der Waals surface area contributed by atoms with Crippen LogP contribution in [0.25, 0.3) is 0 Å². The summed E-state index contributed by atoms with van der Waals surface area (Å²) >= 11 is 1.74. The third-order valence-corrected chi connectivity index (χ3v) is 4.59. The lowest BCUT2D eigenvalue weighted by molar-refractivity contribution is 0.135. The highest BCUT2D eigenvalue weighted by atomic mass is 32.2. The second kappa shape index (κ2) is 12.8. The zero-order valence-corrected chi connectivity index (χ0v) is 14.8. The number of rotatable bonds is 10. The molecule has 124 valence electrons. The van der Waals surface area contributed by atoms with Crippen LogP contribution in [-0.2, 0) is 4.74 Å². The first kappa shape index (κ1) is 19.3. The van der Waals surface area contributed by atoms with Crippen molar-refractivity contribution in [2.75, 3.05) is 32.5 Å². The predicted molar refractivity (Wildman–Crippen MR) is 97.6 cm³/mol. The molecule has 0 saturated carbocycles. The highest BCUT2D eigenvalue weighted by Gasteiger charge is 2.09. The molecule has 22 heavy (non-hydrogen) atoms. The Hall–Kier alpha value is -0.730. The van der Waals surface area contributed by atoms with Crippen LogP contribution in [0.15, 0.2) is 23.8 Å². The maximum atomic E-state index is 5.41. The summed E-state index contributed by atoms with van der Waals surface area (Å²) in [5, 5.41) is 0. The van der Waals surface area contributed by atoms with E-state index in [0.717, 1.165) is 11.3 Å². The normalized spacial score (nSPS) is 18.5. The van der Waals surface area contributed by atoms with Gasteiger partial charge >= 0.3 is 0 Å². The van der Waals surface area contributed by atoms with Gasteiger partial charge in [-0.15, -0.1) is 12.3 Å². The predicted octanol–water partition coefficient (Wildman–Crippen LogP) is 3.60. The highest BCUT2D eigenvalue weighted by molar-refractivity contribution is 7.97. The zero-order chi connectivity index (χ0) is 16.0. The molecule has 1 saturated heterocycles. The Bertz CT molecular complexity index is 381. The fourth-order valence-electron chi connectivity index (χ4n) is 2.38. The van der Waals surface area contributed by atoms with E-state index in [1.807, 2.05) is 25.2 Å². The number of nitrogens with one attached hydrogen (secondary N) is 1. The van der Waals surface area contributed by atoms with Gasteiger partial charge in [0.1, 0.15) is 6.23 Å². The topological polar surface area (TPSA) is 24.5 Å². The van der Waals surface area contributed by atoms with Crippen LogP contribution in [0.2, 0.25) is 0 Å². The van der Waals surface area contributed by atoms with E-state index in [0.29, 0.717) is 6.42 Å². The fraction of sp³-hybridized carbons (Fsp3) is 0.667. The molecule has 0 aromatic carbocycles. The van der Waals surface area contributed by atoms with Gasteiger partial charge in [-0.2, -0.15) is 0 Å². The summed E-state index contributed by atoms with van der Waals surface area (Å²) in [5.41, 5.74) is 1.16. The smallest absolute Gasteiger partial charge is 0.136 e. The van der Waals surface area contributed by atoms with E-state index in [1.165, 1.54) is 45.3 Å². The minimum atomic E-state index is -0.0610. The minimum Gasteiger partial charge on any atom is -0.362 e. The minimum absolute atomic E-state index is 0.0610. The van der Waals surface area contributed by atoms with Crippen LogP contribution in [0.4, 0.5) is 0 Å². The third kappa shape index (κ3) is 9.32. The molecule has 0 aromatic rings. The van der Waals surface area contributed by atoms with Gasteiger partial charge in [-0.3, -0.25) is 0 Å². The Balaban J connectivity index is 2.12. The number of methoxy groups -OCH3 is 1. The average Bonchev–Trinajstić information content (AvgIpc) is 2.56. The number of piperidine rings is 1. The lowest BCUT2D eigenvalue weighted by Gasteiger charge is -2.26. The van der Waals surface area contributed by atoms with Crippen molar-refractivity contribution in [2.45, 2.75) is 45.3 Å². The molecular formula is C18H30N2OS. The van der Waals surface area contributed by atoms with Gasteiger partial charge in [0.25, 0.3) is 0 Å². The molecule has 1 aliphatic rings. The molecule has 4 heteroatoms. The fourth-order valence-corrected chi connectivity index (χ4v) is 3.11. The molecule has 0 aliphatic carbocycles. The van der Waals surface area contributed by atoms with E-state index in [-0.39, 0.29) is 6.23 Å². The van der Waals surface area contributed by atoms with Crippen molar-refractivity contribution in [1.29, 1.82) is 0 Å². The number of ether oxygens (including phenoxy) is 1. The van der Waals surface area contributed by atoms with Crippen LogP contribution in [0.5, 0.6) is 0 Å². The first-order valence-corrected chi connectivity index (χ1v) is 9.15. The Morgan fingerprint density at radius 2 is 2.18 bits per heavy atom. The van der Waals surface area contributed by atoms with E-state index in [4.69, 9.17) is 11.2 Å². The Morgan fingerprint density at radius 1 is 1.41 bits per heavy atom. The first-order chi connectivity index (χ1) is 10.8. The van der Waals surface area contributed by atoms with Gasteiger partial charge in [-0.05, 0) is 51.9 Å². The Morgan fingerprint density at radius 3 is 2.86 bits per heavy atom. The molecule has 1 atom stereocenters. The van der Waals surface area contributed by atoms with Gasteiger partial charge in [0.05, 0.1) is 0 Å². The van der Waals surface area contributed by atoms with Crippen LogP contribution in [0, 0.1) is 12.3 Å². The number of terminal acetylenes is 1. The molecule has 0 radical (unpaired) electrons. The van der Waals surface area contributed by atoms with E-state index < -0.39 is 0 Å². The number of hydrogen-bond donors (Lipinski definition) is 1. The maximum Gasteiger partial charge on any atom is 0.136 e. The van der Waals surface area contributed by atoms with E-state index >= 15 is 0 Å². The molecule has 1 rings (SSSR count). The SMILES string of the molecule is C#CC/C=C(C)/C=C/C(NSCCCN1CCCCC1)OC. The standard InChI is InChI=1S/C18H30N2OS/c1-4-5-10-17(2)11-12-18(21-3)19-22-16-9-15-20-13-7-6-8-14-20/h1,10-12,18-19H,5-9,13-16H2,2-3H3/b12-11+,17-10+. The summed E-state index contributed by atoms with van der Waals surface area (Å²) in [6.07, 6.45) is 17.3.